The molecule has 2 amide bonds. The maximum absolute atomic E-state index is 13.8. The van der Waals surface area contributed by atoms with Crippen molar-refractivity contribution >= 4 is 18.0 Å². The van der Waals surface area contributed by atoms with Gasteiger partial charge in [-0.3, -0.25) is 9.59 Å². The van der Waals surface area contributed by atoms with E-state index in [-0.39, 0.29) is 11.6 Å². The van der Waals surface area contributed by atoms with Crippen molar-refractivity contribution in [1.29, 1.82) is 0 Å². The number of carbonyl (C=O) groups excluding carboxylic acids is 2. The minimum atomic E-state index is -0.422. The van der Waals surface area contributed by atoms with Gasteiger partial charge in [0.25, 0.3) is 0 Å². The van der Waals surface area contributed by atoms with Crippen LogP contribution in [0.25, 0.3) is 0 Å². The first kappa shape index (κ1) is 14.8. The smallest absolute Gasteiger partial charge is 0.224 e. The Labute approximate surface area is 128 Å². The molecule has 0 aliphatic carbocycles. The molecule has 0 saturated carbocycles. The standard InChI is InChI=1S/C16H19FN2O3/c17-13-2-3-14(12-1-4-15(21)18-16(12)13)22-9-11-5-7-19(10-20)8-6-11/h2-3,10-11H,1,4-9H2,(H,18,21). The van der Waals surface area contributed by atoms with Gasteiger partial charge in [-0.2, -0.15) is 0 Å². The third-order valence-electron chi connectivity index (χ3n) is 4.36. The number of hydrogen-bond acceptors (Lipinski definition) is 3. The Morgan fingerprint density at radius 3 is 2.82 bits per heavy atom. The summed E-state index contributed by atoms with van der Waals surface area (Å²) in [7, 11) is 0. The highest BCUT2D eigenvalue weighted by Crippen LogP contribution is 2.34. The molecule has 6 heteroatoms. The molecule has 22 heavy (non-hydrogen) atoms. The fourth-order valence-corrected chi connectivity index (χ4v) is 2.99. The van der Waals surface area contributed by atoms with E-state index in [9.17, 15) is 14.0 Å². The van der Waals surface area contributed by atoms with Crippen LogP contribution >= 0.6 is 0 Å². The first-order valence-corrected chi connectivity index (χ1v) is 7.60. The summed E-state index contributed by atoms with van der Waals surface area (Å²) in [6, 6.07) is 2.96. The molecule has 2 aliphatic heterocycles. The monoisotopic (exact) mass is 306 g/mol. The Morgan fingerprint density at radius 2 is 2.09 bits per heavy atom. The van der Waals surface area contributed by atoms with E-state index in [1.54, 1.807) is 11.0 Å². The van der Waals surface area contributed by atoms with Crippen molar-refractivity contribution in [3.05, 3.63) is 23.5 Å². The van der Waals surface area contributed by atoms with E-state index in [0.717, 1.165) is 37.9 Å². The summed E-state index contributed by atoms with van der Waals surface area (Å²) >= 11 is 0. The Bertz CT molecular complexity index is 583. The Kier molecular flexibility index (Phi) is 4.27. The van der Waals surface area contributed by atoms with Gasteiger partial charge in [0.15, 0.2) is 0 Å². The minimum Gasteiger partial charge on any atom is -0.493 e. The fourth-order valence-electron chi connectivity index (χ4n) is 2.99. The van der Waals surface area contributed by atoms with Crippen LogP contribution in [0.3, 0.4) is 0 Å². The van der Waals surface area contributed by atoms with E-state index >= 15 is 0 Å². The largest absolute Gasteiger partial charge is 0.493 e. The van der Waals surface area contributed by atoms with E-state index in [1.165, 1.54) is 6.07 Å². The summed E-state index contributed by atoms with van der Waals surface area (Å²) in [5, 5.41) is 2.58. The number of rotatable bonds is 4. The molecule has 118 valence electrons. The SMILES string of the molecule is O=CN1CCC(COc2ccc(F)c3c2CCC(=O)N3)CC1. The van der Waals surface area contributed by atoms with E-state index < -0.39 is 5.82 Å². The van der Waals surface area contributed by atoms with E-state index in [2.05, 4.69) is 5.32 Å². The van der Waals surface area contributed by atoms with Gasteiger partial charge < -0.3 is 15.0 Å². The van der Waals surface area contributed by atoms with Gasteiger partial charge in [0.2, 0.25) is 12.3 Å². The number of halogens is 1. The van der Waals surface area contributed by atoms with Crippen LogP contribution in [0.1, 0.15) is 24.8 Å². The number of piperidine rings is 1. The number of anilines is 1. The third kappa shape index (κ3) is 3.05. The lowest BCUT2D eigenvalue weighted by atomic mass is 9.98. The molecule has 1 saturated heterocycles. The molecule has 2 aliphatic rings. The summed E-state index contributed by atoms with van der Waals surface area (Å²) in [5.41, 5.74) is 0.995. The summed E-state index contributed by atoms with van der Waals surface area (Å²) in [6.45, 7) is 2.07. The van der Waals surface area contributed by atoms with Crippen molar-refractivity contribution in [2.75, 3.05) is 25.0 Å². The van der Waals surface area contributed by atoms with E-state index in [4.69, 9.17) is 4.74 Å². The van der Waals surface area contributed by atoms with Crippen LogP contribution in [0.15, 0.2) is 12.1 Å². The van der Waals surface area contributed by atoms with Gasteiger partial charge in [-0.1, -0.05) is 0 Å². The molecule has 2 heterocycles. The molecular weight excluding hydrogens is 287 g/mol. The predicted molar refractivity (Wildman–Crippen MR) is 79.2 cm³/mol. The van der Waals surface area contributed by atoms with Gasteiger partial charge in [0.05, 0.1) is 12.3 Å². The Balaban J connectivity index is 1.65. The zero-order valence-corrected chi connectivity index (χ0v) is 12.3. The first-order valence-electron chi connectivity index (χ1n) is 7.60. The van der Waals surface area contributed by atoms with Gasteiger partial charge in [-0.15, -0.1) is 0 Å². The maximum Gasteiger partial charge on any atom is 0.224 e. The molecule has 0 atom stereocenters. The lowest BCUT2D eigenvalue weighted by Gasteiger charge is -2.29. The second-order valence-electron chi connectivity index (χ2n) is 5.84. The number of hydrogen-bond donors (Lipinski definition) is 1. The van der Waals surface area contributed by atoms with Gasteiger partial charge in [0.1, 0.15) is 11.6 Å². The lowest BCUT2D eigenvalue weighted by Crippen LogP contribution is -2.34. The number of carbonyl (C=O) groups is 2. The summed E-state index contributed by atoms with van der Waals surface area (Å²) < 4.78 is 19.7. The lowest BCUT2D eigenvalue weighted by molar-refractivity contribution is -0.119. The number of likely N-dealkylation sites (tertiary alicyclic amines) is 1. The predicted octanol–water partition coefficient (Wildman–Crippen LogP) is 1.96. The second kappa shape index (κ2) is 6.34. The van der Waals surface area contributed by atoms with Gasteiger partial charge in [-0.25, -0.2) is 4.39 Å². The molecule has 1 fully saturated rings. The number of fused-ring (bicyclic) bond motifs is 1. The van der Waals surface area contributed by atoms with Gasteiger partial charge in [0, 0.05) is 25.1 Å². The molecule has 0 unspecified atom stereocenters. The minimum absolute atomic E-state index is 0.162. The van der Waals surface area contributed by atoms with E-state index in [1.807, 2.05) is 0 Å². The molecule has 0 bridgehead atoms. The average Bonchev–Trinajstić information content (AvgIpc) is 2.55. The van der Waals surface area contributed by atoms with Gasteiger partial charge in [-0.05, 0) is 37.3 Å². The number of benzene rings is 1. The third-order valence-corrected chi connectivity index (χ3v) is 4.36. The first-order chi connectivity index (χ1) is 10.7. The van der Waals surface area contributed by atoms with Crippen LogP contribution in [-0.2, 0) is 16.0 Å². The molecule has 0 aromatic heterocycles. The number of ether oxygens (including phenoxy) is 1. The van der Waals surface area contributed by atoms with Crippen molar-refractivity contribution in [2.24, 2.45) is 5.92 Å². The maximum atomic E-state index is 13.8. The number of nitrogens with zero attached hydrogens (tertiary/aromatic N) is 1. The highest BCUT2D eigenvalue weighted by molar-refractivity contribution is 5.94. The van der Waals surface area contributed by atoms with Crippen LogP contribution in [0.5, 0.6) is 5.75 Å². The topological polar surface area (TPSA) is 58.6 Å². The molecule has 5 nitrogen and oxygen atoms in total. The highest BCUT2D eigenvalue weighted by atomic mass is 19.1. The van der Waals surface area contributed by atoms with Crippen LogP contribution in [0, 0.1) is 11.7 Å². The fraction of sp³-hybridized carbons (Fsp3) is 0.500. The molecule has 3 rings (SSSR count). The quantitative estimate of drug-likeness (QED) is 0.865. The normalized spacial score (nSPS) is 18.6. The molecule has 0 spiro atoms. The zero-order valence-electron chi connectivity index (χ0n) is 12.3. The zero-order chi connectivity index (χ0) is 15.5. The van der Waals surface area contributed by atoms with Crippen molar-refractivity contribution in [3.8, 4) is 5.75 Å². The molecule has 1 aromatic rings. The van der Waals surface area contributed by atoms with Crippen LogP contribution < -0.4 is 10.1 Å². The molecule has 1 N–H and O–H groups in total. The van der Waals surface area contributed by atoms with Crippen molar-refractivity contribution < 1.29 is 18.7 Å². The molecule has 0 radical (unpaired) electrons. The van der Waals surface area contributed by atoms with Gasteiger partial charge >= 0.3 is 0 Å². The van der Waals surface area contributed by atoms with Crippen LogP contribution in [0.4, 0.5) is 10.1 Å². The van der Waals surface area contributed by atoms with Crippen molar-refractivity contribution in [1.82, 2.24) is 4.90 Å². The number of nitrogens with one attached hydrogen (secondary N) is 1. The molecule has 1 aromatic carbocycles. The summed E-state index contributed by atoms with van der Waals surface area (Å²) in [4.78, 5) is 23.9. The van der Waals surface area contributed by atoms with Crippen molar-refractivity contribution in [3.63, 3.8) is 0 Å². The van der Waals surface area contributed by atoms with Crippen LogP contribution in [-0.4, -0.2) is 36.9 Å². The Hall–Kier alpha value is -2.11. The summed E-state index contributed by atoms with van der Waals surface area (Å²) in [5.74, 6) is 0.462. The molecular formula is C16H19FN2O3. The Morgan fingerprint density at radius 1 is 1.32 bits per heavy atom. The van der Waals surface area contributed by atoms with E-state index in [0.29, 0.717) is 31.1 Å². The summed E-state index contributed by atoms with van der Waals surface area (Å²) in [6.07, 6.45) is 3.57. The number of amides is 2. The average molecular weight is 306 g/mol. The highest BCUT2D eigenvalue weighted by Gasteiger charge is 2.23. The second-order valence-corrected chi connectivity index (χ2v) is 5.84. The van der Waals surface area contributed by atoms with Crippen molar-refractivity contribution in [2.45, 2.75) is 25.7 Å². The van der Waals surface area contributed by atoms with Crippen LogP contribution in [0.2, 0.25) is 0 Å².